The first kappa shape index (κ1) is 21.7. The van der Waals surface area contributed by atoms with Gasteiger partial charge in [0.1, 0.15) is 0 Å². The van der Waals surface area contributed by atoms with E-state index in [2.05, 4.69) is 21.2 Å². The number of carbonyl (C=O) groups excluding carboxylic acids is 1. The minimum Gasteiger partial charge on any atom is -0.331 e. The van der Waals surface area contributed by atoms with Gasteiger partial charge in [-0.2, -0.15) is 0 Å². The summed E-state index contributed by atoms with van der Waals surface area (Å²) < 4.78 is 4.22. The van der Waals surface area contributed by atoms with Gasteiger partial charge in [-0.05, 0) is 55.5 Å². The van der Waals surface area contributed by atoms with Crippen LogP contribution in [0, 0.1) is 6.92 Å². The molecule has 2 aromatic carbocycles. The van der Waals surface area contributed by atoms with E-state index in [1.165, 1.54) is 21.8 Å². The summed E-state index contributed by atoms with van der Waals surface area (Å²) in [7, 11) is 0. The van der Waals surface area contributed by atoms with Crippen molar-refractivity contribution < 1.29 is 4.79 Å². The zero-order valence-electron chi connectivity index (χ0n) is 16.1. The summed E-state index contributed by atoms with van der Waals surface area (Å²) in [6, 6.07) is 18.1. The van der Waals surface area contributed by atoms with Crippen LogP contribution in [0.5, 0.6) is 0 Å². The van der Waals surface area contributed by atoms with Gasteiger partial charge in [-0.1, -0.05) is 58.1 Å². The van der Waals surface area contributed by atoms with Crippen molar-refractivity contribution in [2.75, 3.05) is 10.2 Å². The molecule has 10 heteroatoms. The topological polar surface area (TPSA) is 59.3 Å². The summed E-state index contributed by atoms with van der Waals surface area (Å²) in [4.78, 5) is 27.4. The number of amides is 1. The molecule has 0 saturated carbocycles. The summed E-state index contributed by atoms with van der Waals surface area (Å²) >= 11 is 15.5. The van der Waals surface area contributed by atoms with E-state index in [4.69, 9.17) is 24.4 Å². The fraction of sp³-hybridized carbons (Fsp3) is 0.0476. The van der Waals surface area contributed by atoms with Crippen LogP contribution in [0.1, 0.15) is 5.69 Å². The quantitative estimate of drug-likeness (QED) is 0.386. The third-order valence-electron chi connectivity index (χ3n) is 4.44. The fourth-order valence-corrected chi connectivity index (χ4v) is 4.90. The number of carbonyl (C=O) groups is 1. The zero-order valence-corrected chi connectivity index (χ0v) is 20.1. The minimum atomic E-state index is -0.303. The second kappa shape index (κ2) is 8.91. The highest BCUT2D eigenvalue weighted by atomic mass is 79.9. The van der Waals surface area contributed by atoms with E-state index in [0.29, 0.717) is 25.7 Å². The predicted molar refractivity (Wildman–Crippen MR) is 138 cm³/mol. The molecule has 1 aliphatic rings. The van der Waals surface area contributed by atoms with Crippen LogP contribution in [0.15, 0.2) is 74.8 Å². The lowest BCUT2D eigenvalue weighted by atomic mass is 10.3. The van der Waals surface area contributed by atoms with Crippen LogP contribution in [0.4, 0.5) is 11.4 Å². The molecule has 1 fully saturated rings. The summed E-state index contributed by atoms with van der Waals surface area (Å²) in [5.41, 5.74) is 1.78. The van der Waals surface area contributed by atoms with E-state index < -0.39 is 0 Å². The molecule has 1 aliphatic heterocycles. The van der Waals surface area contributed by atoms with Gasteiger partial charge in [0, 0.05) is 21.9 Å². The molecular formula is C21H15BrN4O2S3. The lowest BCUT2D eigenvalue weighted by Crippen LogP contribution is -2.30. The van der Waals surface area contributed by atoms with Gasteiger partial charge in [0.25, 0.3) is 11.5 Å². The van der Waals surface area contributed by atoms with Crippen molar-refractivity contribution in [3.63, 3.8) is 0 Å². The summed E-state index contributed by atoms with van der Waals surface area (Å²) in [6.45, 7) is 1.77. The predicted octanol–water partition coefficient (Wildman–Crippen LogP) is 4.83. The Bertz CT molecular complexity index is 1280. The minimum absolute atomic E-state index is 0.287. The van der Waals surface area contributed by atoms with E-state index in [1.54, 1.807) is 11.6 Å². The van der Waals surface area contributed by atoms with Gasteiger partial charge in [0.05, 0.1) is 16.8 Å². The average molecular weight is 531 g/mol. The number of benzene rings is 2. The van der Waals surface area contributed by atoms with Crippen molar-refractivity contribution in [2.24, 2.45) is 0 Å². The van der Waals surface area contributed by atoms with Crippen LogP contribution in [0.25, 0.3) is 6.20 Å². The van der Waals surface area contributed by atoms with Gasteiger partial charge in [-0.3, -0.25) is 14.5 Å². The zero-order chi connectivity index (χ0) is 22.1. The molecule has 3 aromatic rings. The lowest BCUT2D eigenvalue weighted by Gasteiger charge is -2.15. The Morgan fingerprint density at radius 2 is 1.77 bits per heavy atom. The third-order valence-corrected chi connectivity index (χ3v) is 6.54. The van der Waals surface area contributed by atoms with Crippen LogP contribution in [-0.4, -0.2) is 24.7 Å². The van der Waals surface area contributed by atoms with E-state index in [1.807, 2.05) is 54.6 Å². The number of thioether (sulfide) groups is 1. The van der Waals surface area contributed by atoms with Crippen molar-refractivity contribution in [3.05, 3.63) is 86.1 Å². The Labute approximate surface area is 201 Å². The Morgan fingerprint density at radius 1 is 1.10 bits per heavy atom. The number of rotatable bonds is 3. The normalized spacial score (nSPS) is 15.0. The number of aryl methyl sites for hydroxylation is 1. The Morgan fingerprint density at radius 3 is 2.45 bits per heavy atom. The van der Waals surface area contributed by atoms with Gasteiger partial charge in [-0.25, -0.2) is 9.36 Å². The number of hydrogen-bond donors (Lipinski definition) is 1. The van der Waals surface area contributed by atoms with Gasteiger partial charge in [-0.15, -0.1) is 0 Å². The van der Waals surface area contributed by atoms with Crippen LogP contribution in [0.3, 0.4) is 0 Å². The fourth-order valence-electron chi connectivity index (χ4n) is 3.03. The van der Waals surface area contributed by atoms with Gasteiger partial charge >= 0.3 is 0 Å². The van der Waals surface area contributed by atoms with Gasteiger partial charge < -0.3 is 5.32 Å². The third kappa shape index (κ3) is 4.42. The second-order valence-corrected chi connectivity index (χ2v) is 9.53. The molecule has 0 radical (unpaired) electrons. The number of anilines is 2. The summed E-state index contributed by atoms with van der Waals surface area (Å²) in [5, 5.41) is 3.42. The van der Waals surface area contributed by atoms with Crippen LogP contribution in [0.2, 0.25) is 0 Å². The van der Waals surface area contributed by atoms with E-state index in [-0.39, 0.29) is 11.5 Å². The molecule has 0 unspecified atom stereocenters. The van der Waals surface area contributed by atoms with Crippen molar-refractivity contribution in [1.29, 1.82) is 0 Å². The highest BCUT2D eigenvalue weighted by molar-refractivity contribution is 9.10. The molecule has 2 heterocycles. The number of halogens is 1. The van der Waals surface area contributed by atoms with Crippen molar-refractivity contribution >= 4 is 85.0 Å². The molecule has 31 heavy (non-hydrogen) atoms. The van der Waals surface area contributed by atoms with E-state index in [0.717, 1.165) is 21.9 Å². The maximum Gasteiger partial charge on any atom is 0.272 e. The highest BCUT2D eigenvalue weighted by Gasteiger charge is 2.33. The van der Waals surface area contributed by atoms with Gasteiger partial charge in [0.15, 0.2) is 9.43 Å². The van der Waals surface area contributed by atoms with Crippen molar-refractivity contribution in [1.82, 2.24) is 9.36 Å². The highest BCUT2D eigenvalue weighted by Crippen LogP contribution is 2.35. The largest absolute Gasteiger partial charge is 0.331 e. The second-order valence-electron chi connectivity index (χ2n) is 6.55. The maximum atomic E-state index is 13.0. The van der Waals surface area contributed by atoms with E-state index >= 15 is 0 Å². The molecule has 156 valence electrons. The molecule has 1 amide bonds. The van der Waals surface area contributed by atoms with Crippen molar-refractivity contribution in [3.8, 4) is 0 Å². The Kier molecular flexibility index (Phi) is 6.24. The monoisotopic (exact) mass is 530 g/mol. The molecule has 0 aliphatic carbocycles. The van der Waals surface area contributed by atoms with Crippen molar-refractivity contribution in [2.45, 2.75) is 6.92 Å². The maximum absolute atomic E-state index is 13.0. The number of hydrogen-bond acceptors (Lipinski definition) is 5. The summed E-state index contributed by atoms with van der Waals surface area (Å²) in [6.07, 6.45) is 1.48. The molecular weight excluding hydrogens is 516 g/mol. The first-order valence-corrected chi connectivity index (χ1v) is 11.5. The SMILES string of the molecule is Cc1cc(=O)n(/C=C2\SC(=S)N(c3ccccc3)C2=O)n1C(=S)Nc1ccc(Br)cc1. The number of para-hydroxylation sites is 1. The average Bonchev–Trinajstić information content (AvgIpc) is 3.18. The number of aromatic nitrogens is 2. The Hall–Kier alpha value is -2.53. The molecule has 1 saturated heterocycles. The molecule has 6 nitrogen and oxygen atoms in total. The molecule has 1 aromatic heterocycles. The number of nitrogens with zero attached hydrogens (tertiary/aromatic N) is 3. The number of thiocarbonyl (C=S) groups is 2. The molecule has 1 N–H and O–H groups in total. The molecule has 4 rings (SSSR count). The van der Waals surface area contributed by atoms with E-state index in [9.17, 15) is 9.59 Å². The standard InChI is InChI=1S/C21H15BrN4O2S3/c1-13-11-18(27)24(26(13)20(29)23-15-9-7-14(22)8-10-15)12-17-19(28)25(21(30)31-17)16-5-3-2-4-6-16/h2-12H,1H3,(H,23,29)/b17-12-. The van der Waals surface area contributed by atoms with Crippen LogP contribution < -0.4 is 15.8 Å². The molecule has 0 atom stereocenters. The van der Waals surface area contributed by atoms with Gasteiger partial charge in [0.2, 0.25) is 0 Å². The first-order chi connectivity index (χ1) is 14.8. The smallest absolute Gasteiger partial charge is 0.272 e. The first-order valence-electron chi connectivity index (χ1n) is 9.06. The number of nitrogens with one attached hydrogen (secondary N) is 1. The summed E-state index contributed by atoms with van der Waals surface area (Å²) in [5.74, 6) is -0.287. The Balaban J connectivity index is 1.68. The van der Waals surface area contributed by atoms with Crippen LogP contribution in [-0.2, 0) is 4.79 Å². The lowest BCUT2D eigenvalue weighted by molar-refractivity contribution is -0.113. The molecule has 0 bridgehead atoms. The molecule has 0 spiro atoms. The van der Waals surface area contributed by atoms with Crippen LogP contribution >= 0.6 is 52.1 Å².